The normalized spacial score (nSPS) is 15.2. The maximum Gasteiger partial charge on any atom is 0.165 e. The quantitative estimate of drug-likeness (QED) is 0.540. The van der Waals surface area contributed by atoms with Crippen molar-refractivity contribution in [1.29, 1.82) is 0 Å². The molecule has 3 heteroatoms. The molecule has 0 spiro atoms. The lowest BCUT2D eigenvalue weighted by atomic mass is 9.83. The van der Waals surface area contributed by atoms with Gasteiger partial charge in [0, 0.05) is 10.3 Å². The molecule has 1 aliphatic heterocycles. The highest BCUT2D eigenvalue weighted by atomic mass is 32.1. The van der Waals surface area contributed by atoms with Crippen LogP contribution in [0.4, 0.5) is 0 Å². The lowest BCUT2D eigenvalue weighted by Crippen LogP contribution is -2.21. The van der Waals surface area contributed by atoms with Crippen molar-refractivity contribution in [2.45, 2.75) is 45.4 Å². The summed E-state index contributed by atoms with van der Waals surface area (Å²) in [5.41, 5.74) is 4.03. The highest BCUT2D eigenvalue weighted by molar-refractivity contribution is 7.17. The third-order valence-corrected chi connectivity index (χ3v) is 6.08. The van der Waals surface area contributed by atoms with Gasteiger partial charge in [-0.3, -0.25) is 0 Å². The third kappa shape index (κ3) is 3.21. The smallest absolute Gasteiger partial charge is 0.165 e. The highest BCUT2D eigenvalue weighted by Gasteiger charge is 2.26. The van der Waals surface area contributed by atoms with E-state index in [4.69, 9.17) is 9.47 Å². The Bertz CT molecular complexity index is 933. The van der Waals surface area contributed by atoms with E-state index in [0.29, 0.717) is 19.1 Å². The minimum absolute atomic E-state index is 0.0269. The van der Waals surface area contributed by atoms with Crippen LogP contribution in [0.3, 0.4) is 0 Å². The van der Waals surface area contributed by atoms with Gasteiger partial charge in [0.15, 0.2) is 11.5 Å². The van der Waals surface area contributed by atoms with E-state index < -0.39 is 0 Å². The minimum atomic E-state index is 0.0269. The zero-order valence-electron chi connectivity index (χ0n) is 16.0. The lowest BCUT2D eigenvalue weighted by molar-refractivity contribution is 0.167. The lowest BCUT2D eigenvalue weighted by Gasteiger charge is -2.28. The summed E-state index contributed by atoms with van der Waals surface area (Å²) >= 11 is 1.84. The van der Waals surface area contributed by atoms with Crippen LogP contribution in [0.1, 0.15) is 50.3 Å². The standard InChI is InChI=1S/C23H26O2S/c1-15(18-14-26-21-8-6-5-7-17(18)21)11-16-12-19(23(2,3)4)22-20(13-16)24-9-10-25-22/h5-8,12-15H,9-11H2,1-4H3. The molecule has 136 valence electrons. The van der Waals surface area contributed by atoms with Crippen LogP contribution in [0.5, 0.6) is 11.5 Å². The largest absolute Gasteiger partial charge is 0.486 e. The molecule has 2 aromatic carbocycles. The molecule has 0 bridgehead atoms. The number of rotatable bonds is 3. The van der Waals surface area contributed by atoms with Crippen LogP contribution in [0.15, 0.2) is 41.8 Å². The molecule has 1 atom stereocenters. The van der Waals surface area contributed by atoms with E-state index >= 15 is 0 Å². The zero-order chi connectivity index (χ0) is 18.3. The Kier molecular flexibility index (Phi) is 4.44. The van der Waals surface area contributed by atoms with Crippen molar-refractivity contribution in [2.75, 3.05) is 13.2 Å². The van der Waals surface area contributed by atoms with Crippen molar-refractivity contribution in [2.24, 2.45) is 0 Å². The van der Waals surface area contributed by atoms with Gasteiger partial charge in [0.25, 0.3) is 0 Å². The SMILES string of the molecule is CC(Cc1cc2c(c(C(C)(C)C)c1)OCCO2)c1csc2ccccc12. The van der Waals surface area contributed by atoms with Crippen molar-refractivity contribution < 1.29 is 9.47 Å². The maximum atomic E-state index is 5.95. The summed E-state index contributed by atoms with van der Waals surface area (Å²) in [6.07, 6.45) is 1.00. The number of benzene rings is 2. The average molecular weight is 367 g/mol. The van der Waals surface area contributed by atoms with Crippen LogP contribution in [-0.4, -0.2) is 13.2 Å². The van der Waals surface area contributed by atoms with Crippen molar-refractivity contribution in [3.8, 4) is 11.5 Å². The Morgan fingerprint density at radius 1 is 1.08 bits per heavy atom. The van der Waals surface area contributed by atoms with E-state index in [-0.39, 0.29) is 5.41 Å². The van der Waals surface area contributed by atoms with E-state index in [9.17, 15) is 0 Å². The zero-order valence-corrected chi connectivity index (χ0v) is 16.8. The first-order valence-corrected chi connectivity index (χ1v) is 10.2. The molecule has 0 saturated carbocycles. The molecule has 1 aromatic heterocycles. The molecule has 1 unspecified atom stereocenters. The number of hydrogen-bond acceptors (Lipinski definition) is 3. The van der Waals surface area contributed by atoms with E-state index in [0.717, 1.165) is 17.9 Å². The fraction of sp³-hybridized carbons (Fsp3) is 0.391. The molecule has 0 fully saturated rings. The predicted octanol–water partition coefficient (Wildman–Crippen LogP) is 6.32. The van der Waals surface area contributed by atoms with Gasteiger partial charge in [0.1, 0.15) is 13.2 Å². The first-order valence-electron chi connectivity index (χ1n) is 9.32. The van der Waals surface area contributed by atoms with Gasteiger partial charge in [0.2, 0.25) is 0 Å². The van der Waals surface area contributed by atoms with Gasteiger partial charge in [-0.2, -0.15) is 0 Å². The molecule has 26 heavy (non-hydrogen) atoms. The molecule has 3 aromatic rings. The maximum absolute atomic E-state index is 5.95. The van der Waals surface area contributed by atoms with Crippen LogP contribution in [-0.2, 0) is 11.8 Å². The molecular formula is C23H26O2S. The van der Waals surface area contributed by atoms with Crippen molar-refractivity contribution >= 4 is 21.4 Å². The predicted molar refractivity (Wildman–Crippen MR) is 110 cm³/mol. The monoisotopic (exact) mass is 366 g/mol. The van der Waals surface area contributed by atoms with Gasteiger partial charge < -0.3 is 9.47 Å². The van der Waals surface area contributed by atoms with Crippen LogP contribution >= 0.6 is 11.3 Å². The van der Waals surface area contributed by atoms with Crippen LogP contribution < -0.4 is 9.47 Å². The molecule has 4 rings (SSSR count). The summed E-state index contributed by atoms with van der Waals surface area (Å²) in [5, 5.41) is 3.71. The summed E-state index contributed by atoms with van der Waals surface area (Å²) in [4.78, 5) is 0. The van der Waals surface area contributed by atoms with E-state index in [1.54, 1.807) is 0 Å². The Morgan fingerprint density at radius 2 is 1.85 bits per heavy atom. The summed E-state index contributed by atoms with van der Waals surface area (Å²) in [7, 11) is 0. The van der Waals surface area contributed by atoms with Gasteiger partial charge in [-0.25, -0.2) is 0 Å². The fourth-order valence-electron chi connectivity index (χ4n) is 3.73. The first-order chi connectivity index (χ1) is 12.4. The van der Waals surface area contributed by atoms with E-state index in [2.05, 4.69) is 69.5 Å². The molecule has 0 N–H and O–H groups in total. The molecule has 0 radical (unpaired) electrons. The highest BCUT2D eigenvalue weighted by Crippen LogP contribution is 2.42. The number of hydrogen-bond donors (Lipinski definition) is 0. The number of thiophene rings is 1. The second-order valence-electron chi connectivity index (χ2n) is 8.21. The topological polar surface area (TPSA) is 18.5 Å². The summed E-state index contributed by atoms with van der Waals surface area (Å²) in [6.45, 7) is 10.3. The van der Waals surface area contributed by atoms with Crippen molar-refractivity contribution in [3.63, 3.8) is 0 Å². The number of ether oxygens (including phenoxy) is 2. The number of fused-ring (bicyclic) bond motifs is 2. The molecule has 0 aliphatic carbocycles. The molecular weight excluding hydrogens is 340 g/mol. The Morgan fingerprint density at radius 3 is 2.65 bits per heavy atom. The molecule has 2 heterocycles. The van der Waals surface area contributed by atoms with Gasteiger partial charge >= 0.3 is 0 Å². The van der Waals surface area contributed by atoms with Gasteiger partial charge in [0.05, 0.1) is 0 Å². The average Bonchev–Trinajstić information content (AvgIpc) is 3.04. The van der Waals surface area contributed by atoms with Crippen LogP contribution in [0, 0.1) is 0 Å². The van der Waals surface area contributed by atoms with Crippen LogP contribution in [0.2, 0.25) is 0 Å². The fourth-order valence-corrected chi connectivity index (χ4v) is 4.81. The van der Waals surface area contributed by atoms with Gasteiger partial charge in [-0.05, 0) is 51.8 Å². The summed E-state index contributed by atoms with van der Waals surface area (Å²) in [5.74, 6) is 2.30. The summed E-state index contributed by atoms with van der Waals surface area (Å²) < 4.78 is 13.2. The van der Waals surface area contributed by atoms with Gasteiger partial charge in [-0.1, -0.05) is 52.0 Å². The van der Waals surface area contributed by atoms with Crippen molar-refractivity contribution in [3.05, 3.63) is 58.5 Å². The third-order valence-electron chi connectivity index (χ3n) is 5.09. The molecule has 2 nitrogen and oxygen atoms in total. The Labute approximate surface area is 159 Å². The van der Waals surface area contributed by atoms with Gasteiger partial charge in [-0.15, -0.1) is 11.3 Å². The van der Waals surface area contributed by atoms with E-state index in [1.807, 2.05) is 11.3 Å². The Hall–Kier alpha value is -2.00. The summed E-state index contributed by atoms with van der Waals surface area (Å²) in [6, 6.07) is 13.2. The van der Waals surface area contributed by atoms with E-state index in [1.165, 1.54) is 26.8 Å². The molecule has 0 saturated heterocycles. The second kappa shape index (κ2) is 6.62. The molecule has 1 aliphatic rings. The molecule has 0 amide bonds. The Balaban J connectivity index is 1.69. The van der Waals surface area contributed by atoms with Crippen molar-refractivity contribution in [1.82, 2.24) is 0 Å². The minimum Gasteiger partial charge on any atom is -0.486 e. The second-order valence-corrected chi connectivity index (χ2v) is 9.12. The first kappa shape index (κ1) is 17.4. The van der Waals surface area contributed by atoms with Crippen LogP contribution in [0.25, 0.3) is 10.1 Å².